The third-order valence-electron chi connectivity index (χ3n) is 4.86. The summed E-state index contributed by atoms with van der Waals surface area (Å²) in [5.74, 6) is 0.680. The maximum Gasteiger partial charge on any atom is 0.162 e. The average Bonchev–Trinajstić information content (AvgIpc) is 3.30. The van der Waals surface area contributed by atoms with Crippen LogP contribution in [0.1, 0.15) is 11.3 Å². The van der Waals surface area contributed by atoms with Gasteiger partial charge in [0.05, 0.1) is 27.3 Å². The number of thiazole rings is 1. The molecule has 0 unspecified atom stereocenters. The first-order valence-corrected chi connectivity index (χ1v) is 10.1. The highest BCUT2D eigenvalue weighted by Gasteiger charge is 2.18. The average molecular weight is 398 g/mol. The molecule has 0 bridgehead atoms. The first-order chi connectivity index (χ1) is 14.1. The van der Waals surface area contributed by atoms with Gasteiger partial charge in [0.1, 0.15) is 10.5 Å². The van der Waals surface area contributed by atoms with Gasteiger partial charge in [-0.25, -0.2) is 19.9 Å². The van der Waals surface area contributed by atoms with Gasteiger partial charge in [-0.05, 0) is 43.7 Å². The van der Waals surface area contributed by atoms with E-state index in [1.165, 1.54) is 0 Å². The van der Waals surface area contributed by atoms with E-state index in [4.69, 9.17) is 9.97 Å². The SMILES string of the molecule is Cc1nc(-c2cccnc2)sc1-c1cc(C)c2c(n1)c(-c1ncccn1)cn2C. The third-order valence-corrected chi connectivity index (χ3v) is 6.09. The number of hydrogen-bond acceptors (Lipinski definition) is 6. The van der Waals surface area contributed by atoms with Gasteiger partial charge in [0, 0.05) is 43.6 Å². The van der Waals surface area contributed by atoms with E-state index in [1.54, 1.807) is 29.9 Å². The number of nitrogens with zero attached hydrogens (tertiary/aromatic N) is 6. The van der Waals surface area contributed by atoms with Crippen LogP contribution in [0.25, 0.3) is 43.6 Å². The van der Waals surface area contributed by atoms with E-state index < -0.39 is 0 Å². The second kappa shape index (κ2) is 6.86. The fraction of sp³-hybridized carbons (Fsp3) is 0.136. The molecule has 0 aliphatic rings. The van der Waals surface area contributed by atoms with Crippen molar-refractivity contribution in [1.29, 1.82) is 0 Å². The molecule has 0 aliphatic heterocycles. The lowest BCUT2D eigenvalue weighted by Gasteiger charge is -2.05. The van der Waals surface area contributed by atoms with Crippen molar-refractivity contribution in [3.63, 3.8) is 0 Å². The van der Waals surface area contributed by atoms with Crippen molar-refractivity contribution in [3.05, 3.63) is 66.5 Å². The summed E-state index contributed by atoms with van der Waals surface area (Å²) in [4.78, 5) is 23.9. The molecule has 142 valence electrons. The lowest BCUT2D eigenvalue weighted by molar-refractivity contribution is 0.962. The van der Waals surface area contributed by atoms with Crippen molar-refractivity contribution in [1.82, 2.24) is 29.5 Å². The monoisotopic (exact) mass is 398 g/mol. The Morgan fingerprint density at radius 2 is 1.83 bits per heavy atom. The third kappa shape index (κ3) is 3.00. The maximum absolute atomic E-state index is 5.03. The fourth-order valence-electron chi connectivity index (χ4n) is 3.58. The highest BCUT2D eigenvalue weighted by atomic mass is 32.1. The van der Waals surface area contributed by atoms with Gasteiger partial charge in [-0.1, -0.05) is 0 Å². The van der Waals surface area contributed by atoms with Crippen LogP contribution in [0.5, 0.6) is 0 Å². The van der Waals surface area contributed by atoms with E-state index in [1.807, 2.05) is 44.6 Å². The Balaban J connectivity index is 1.70. The molecular formula is C22H18N6S. The lowest BCUT2D eigenvalue weighted by atomic mass is 10.1. The largest absolute Gasteiger partial charge is 0.348 e. The van der Waals surface area contributed by atoms with E-state index in [-0.39, 0.29) is 0 Å². The summed E-state index contributed by atoms with van der Waals surface area (Å²) in [6.45, 7) is 4.14. The minimum atomic E-state index is 0.680. The van der Waals surface area contributed by atoms with Crippen LogP contribution >= 0.6 is 11.3 Å². The molecule has 0 radical (unpaired) electrons. The summed E-state index contributed by atoms with van der Waals surface area (Å²) in [7, 11) is 2.03. The van der Waals surface area contributed by atoms with Gasteiger partial charge in [-0.3, -0.25) is 4.98 Å². The van der Waals surface area contributed by atoms with Gasteiger partial charge in [0.25, 0.3) is 0 Å². The first-order valence-electron chi connectivity index (χ1n) is 9.24. The van der Waals surface area contributed by atoms with E-state index in [2.05, 4.69) is 32.5 Å². The fourth-order valence-corrected chi connectivity index (χ4v) is 4.60. The number of hydrogen-bond donors (Lipinski definition) is 0. The number of aromatic nitrogens is 6. The molecule has 0 saturated heterocycles. The Kier molecular flexibility index (Phi) is 4.17. The molecule has 5 aromatic rings. The smallest absolute Gasteiger partial charge is 0.162 e. The molecule has 0 fully saturated rings. The highest BCUT2D eigenvalue weighted by Crippen LogP contribution is 2.37. The molecule has 29 heavy (non-hydrogen) atoms. The van der Waals surface area contributed by atoms with Crippen molar-refractivity contribution in [2.45, 2.75) is 13.8 Å². The van der Waals surface area contributed by atoms with Crippen LogP contribution in [-0.2, 0) is 7.05 Å². The van der Waals surface area contributed by atoms with Crippen molar-refractivity contribution in [3.8, 4) is 32.5 Å². The molecular weight excluding hydrogens is 380 g/mol. The molecule has 7 heteroatoms. The summed E-state index contributed by atoms with van der Waals surface area (Å²) in [5, 5.41) is 0.949. The van der Waals surface area contributed by atoms with Crippen LogP contribution in [0.2, 0.25) is 0 Å². The lowest BCUT2D eigenvalue weighted by Crippen LogP contribution is -1.92. The molecule has 6 nitrogen and oxygen atoms in total. The van der Waals surface area contributed by atoms with Gasteiger partial charge < -0.3 is 4.57 Å². The second-order valence-electron chi connectivity index (χ2n) is 6.92. The second-order valence-corrected chi connectivity index (χ2v) is 7.92. The zero-order chi connectivity index (χ0) is 20.0. The number of aryl methyl sites for hydroxylation is 3. The van der Waals surface area contributed by atoms with Crippen LogP contribution < -0.4 is 0 Å². The number of rotatable bonds is 3. The standard InChI is InChI=1S/C22H18N6S/c1-13-10-17(20-14(2)26-22(29-20)15-6-4-7-23-11-15)27-18-16(12-28(3)19(13)18)21-24-8-5-9-25-21/h4-12H,1-3H3. The molecule has 0 aliphatic carbocycles. The Hall–Kier alpha value is -3.45. The zero-order valence-electron chi connectivity index (χ0n) is 16.3. The quantitative estimate of drug-likeness (QED) is 0.435. The zero-order valence-corrected chi connectivity index (χ0v) is 17.1. The Morgan fingerprint density at radius 1 is 1.00 bits per heavy atom. The van der Waals surface area contributed by atoms with Crippen LogP contribution in [0.15, 0.2) is 55.2 Å². The van der Waals surface area contributed by atoms with E-state index in [9.17, 15) is 0 Å². The van der Waals surface area contributed by atoms with Crippen LogP contribution in [-0.4, -0.2) is 29.5 Å². The minimum Gasteiger partial charge on any atom is -0.348 e. The van der Waals surface area contributed by atoms with Crippen LogP contribution in [0, 0.1) is 13.8 Å². The van der Waals surface area contributed by atoms with Crippen molar-refractivity contribution < 1.29 is 0 Å². The van der Waals surface area contributed by atoms with Gasteiger partial charge in [-0.15, -0.1) is 11.3 Å². The Morgan fingerprint density at radius 3 is 2.59 bits per heavy atom. The van der Waals surface area contributed by atoms with Crippen LogP contribution in [0.4, 0.5) is 0 Å². The summed E-state index contributed by atoms with van der Waals surface area (Å²) in [6, 6.07) is 7.90. The molecule has 0 aromatic carbocycles. The number of fused-ring (bicyclic) bond motifs is 1. The number of pyridine rings is 2. The van der Waals surface area contributed by atoms with Crippen molar-refractivity contribution in [2.75, 3.05) is 0 Å². The Labute approximate surface area is 172 Å². The predicted octanol–water partition coefficient (Wildman–Crippen LogP) is 4.83. The van der Waals surface area contributed by atoms with Gasteiger partial charge >= 0.3 is 0 Å². The molecule has 5 rings (SSSR count). The molecule has 0 amide bonds. The molecule has 0 spiro atoms. The topological polar surface area (TPSA) is 69.4 Å². The minimum absolute atomic E-state index is 0.680. The van der Waals surface area contributed by atoms with Gasteiger partial charge in [0.2, 0.25) is 0 Å². The summed E-state index contributed by atoms with van der Waals surface area (Å²) < 4.78 is 2.09. The van der Waals surface area contributed by atoms with E-state index >= 15 is 0 Å². The molecule has 0 saturated carbocycles. The summed E-state index contributed by atoms with van der Waals surface area (Å²) in [5.41, 5.74) is 6.99. The summed E-state index contributed by atoms with van der Waals surface area (Å²) >= 11 is 1.64. The van der Waals surface area contributed by atoms with Gasteiger partial charge in [0.15, 0.2) is 5.82 Å². The highest BCUT2D eigenvalue weighted by molar-refractivity contribution is 7.18. The molecule has 0 N–H and O–H groups in total. The normalized spacial score (nSPS) is 11.3. The maximum atomic E-state index is 5.03. The van der Waals surface area contributed by atoms with Gasteiger partial charge in [-0.2, -0.15) is 0 Å². The summed E-state index contributed by atoms with van der Waals surface area (Å²) in [6.07, 6.45) is 9.17. The molecule has 5 aromatic heterocycles. The van der Waals surface area contributed by atoms with Crippen molar-refractivity contribution in [2.24, 2.45) is 7.05 Å². The van der Waals surface area contributed by atoms with E-state index in [0.29, 0.717) is 5.82 Å². The molecule has 0 atom stereocenters. The predicted molar refractivity (Wildman–Crippen MR) is 116 cm³/mol. The van der Waals surface area contributed by atoms with E-state index in [0.717, 1.165) is 49.0 Å². The van der Waals surface area contributed by atoms with Crippen molar-refractivity contribution >= 4 is 22.4 Å². The van der Waals surface area contributed by atoms with Crippen LogP contribution in [0.3, 0.4) is 0 Å². The first kappa shape index (κ1) is 17.6. The molecule has 5 heterocycles. The Bertz CT molecular complexity index is 1320.